The molecule has 1 heterocycles. The number of nitrogens with zero attached hydrogens (tertiary/aromatic N) is 2. The van der Waals surface area contributed by atoms with Gasteiger partial charge in [-0.3, -0.25) is 0 Å². The average Bonchev–Trinajstić information content (AvgIpc) is 3.15. The molecule has 0 spiro atoms. The van der Waals surface area contributed by atoms with Crippen molar-refractivity contribution in [1.29, 1.82) is 0 Å². The monoisotopic (exact) mass is 409 g/mol. The van der Waals surface area contributed by atoms with Crippen LogP contribution in [0.5, 0.6) is 0 Å². The second-order valence-electron chi connectivity index (χ2n) is 5.98. The lowest BCUT2D eigenvalue weighted by Gasteiger charge is -2.22. The van der Waals surface area contributed by atoms with Crippen molar-refractivity contribution in [2.45, 2.75) is 26.8 Å². The number of carbonyl (C=O) groups is 2. The van der Waals surface area contributed by atoms with Crippen LogP contribution in [-0.2, 0) is 16.0 Å². The second-order valence-corrected chi connectivity index (χ2v) is 6.39. The number of hydrogen-bond acceptors (Lipinski definition) is 6. The van der Waals surface area contributed by atoms with E-state index < -0.39 is 5.97 Å². The molecule has 1 aromatic heterocycles. The summed E-state index contributed by atoms with van der Waals surface area (Å²) >= 11 is 6.12. The number of hydrogen-bond donors (Lipinski definition) is 1. The first-order valence-electron chi connectivity index (χ1n) is 8.87. The highest BCUT2D eigenvalue weighted by Crippen LogP contribution is 2.20. The highest BCUT2D eigenvalue weighted by molar-refractivity contribution is 6.31. The molecule has 2 rings (SSSR count). The van der Waals surface area contributed by atoms with Crippen LogP contribution in [0.25, 0.3) is 0 Å². The molecule has 1 aromatic carbocycles. The smallest absolute Gasteiger partial charge is 0.360 e. The van der Waals surface area contributed by atoms with Crippen molar-refractivity contribution in [3.63, 3.8) is 0 Å². The highest BCUT2D eigenvalue weighted by Gasteiger charge is 2.19. The van der Waals surface area contributed by atoms with Gasteiger partial charge >= 0.3 is 12.0 Å². The van der Waals surface area contributed by atoms with Crippen LogP contribution in [-0.4, -0.2) is 48.8 Å². The topological polar surface area (TPSA) is 93.9 Å². The number of benzene rings is 1. The van der Waals surface area contributed by atoms with E-state index in [9.17, 15) is 9.59 Å². The lowest BCUT2D eigenvalue weighted by atomic mass is 10.2. The normalized spacial score (nSPS) is 10.6. The average molecular weight is 410 g/mol. The fraction of sp³-hybridized carbons (Fsp3) is 0.421. The number of aromatic nitrogens is 1. The maximum Gasteiger partial charge on any atom is 0.360 e. The van der Waals surface area contributed by atoms with Crippen LogP contribution in [0, 0.1) is 6.92 Å². The van der Waals surface area contributed by atoms with E-state index in [1.165, 1.54) is 18.3 Å². The van der Waals surface area contributed by atoms with E-state index in [1.54, 1.807) is 12.1 Å². The number of urea groups is 1. The van der Waals surface area contributed by atoms with E-state index >= 15 is 0 Å². The standard InChI is InChI=1S/C19H24ClN3O5/c1-4-27-9-5-8-23(11-17-22-16(12-28-17)18(24)26-3)19(25)21-14-7-6-13(2)15(20)10-14/h6-7,10,12H,4-5,8-9,11H2,1-3H3,(H,21,25). The number of amides is 2. The molecule has 0 atom stereocenters. The molecule has 1 N–H and O–H groups in total. The van der Waals surface area contributed by atoms with Crippen molar-refractivity contribution >= 4 is 29.3 Å². The van der Waals surface area contributed by atoms with Crippen molar-refractivity contribution in [1.82, 2.24) is 9.88 Å². The molecule has 152 valence electrons. The van der Waals surface area contributed by atoms with Gasteiger partial charge in [-0.2, -0.15) is 0 Å². The summed E-state index contributed by atoms with van der Waals surface area (Å²) in [6.45, 7) is 5.43. The van der Waals surface area contributed by atoms with E-state index in [0.29, 0.717) is 36.9 Å². The zero-order chi connectivity index (χ0) is 20.5. The van der Waals surface area contributed by atoms with E-state index in [-0.39, 0.29) is 24.2 Å². The summed E-state index contributed by atoms with van der Waals surface area (Å²) in [7, 11) is 1.26. The van der Waals surface area contributed by atoms with Gasteiger partial charge in [-0.1, -0.05) is 17.7 Å². The molecule has 9 heteroatoms. The Morgan fingerprint density at radius 1 is 1.36 bits per heavy atom. The number of esters is 1. The van der Waals surface area contributed by atoms with E-state index in [1.807, 2.05) is 19.9 Å². The number of methoxy groups -OCH3 is 1. The minimum atomic E-state index is -0.600. The van der Waals surface area contributed by atoms with E-state index in [2.05, 4.69) is 15.0 Å². The fourth-order valence-corrected chi connectivity index (χ4v) is 2.55. The zero-order valence-electron chi connectivity index (χ0n) is 16.2. The Morgan fingerprint density at radius 3 is 2.82 bits per heavy atom. The van der Waals surface area contributed by atoms with Gasteiger partial charge in [-0.05, 0) is 38.0 Å². The van der Waals surface area contributed by atoms with Crippen molar-refractivity contribution in [2.24, 2.45) is 0 Å². The van der Waals surface area contributed by atoms with Gasteiger partial charge < -0.3 is 24.1 Å². The molecule has 0 aliphatic heterocycles. The maximum absolute atomic E-state index is 12.7. The summed E-state index contributed by atoms with van der Waals surface area (Å²) in [6.07, 6.45) is 1.84. The SMILES string of the molecule is CCOCCCN(Cc1nc(C(=O)OC)co1)C(=O)Nc1ccc(C)c(Cl)c1. The maximum atomic E-state index is 12.7. The van der Waals surface area contributed by atoms with Crippen molar-refractivity contribution < 1.29 is 23.5 Å². The number of rotatable bonds is 9. The number of halogens is 1. The lowest BCUT2D eigenvalue weighted by molar-refractivity contribution is 0.0594. The van der Waals surface area contributed by atoms with Crippen molar-refractivity contribution in [3.8, 4) is 0 Å². The van der Waals surface area contributed by atoms with Crippen LogP contribution in [0.4, 0.5) is 10.5 Å². The molecular formula is C19H24ClN3O5. The molecule has 0 saturated heterocycles. The molecule has 28 heavy (non-hydrogen) atoms. The summed E-state index contributed by atoms with van der Waals surface area (Å²) in [5, 5.41) is 3.38. The van der Waals surface area contributed by atoms with Crippen molar-refractivity contribution in [2.75, 3.05) is 32.2 Å². The molecule has 8 nitrogen and oxygen atoms in total. The zero-order valence-corrected chi connectivity index (χ0v) is 16.9. The Hall–Kier alpha value is -2.58. The Morgan fingerprint density at radius 2 is 2.14 bits per heavy atom. The fourth-order valence-electron chi connectivity index (χ4n) is 2.37. The number of nitrogens with one attached hydrogen (secondary N) is 1. The molecule has 0 saturated carbocycles. The third-order valence-corrected chi connectivity index (χ3v) is 4.31. The molecule has 0 fully saturated rings. The molecular weight excluding hydrogens is 386 g/mol. The van der Waals surface area contributed by atoms with Crippen LogP contribution >= 0.6 is 11.6 Å². The minimum Gasteiger partial charge on any atom is -0.464 e. The summed E-state index contributed by atoms with van der Waals surface area (Å²) in [6, 6.07) is 4.95. The quantitative estimate of drug-likeness (QED) is 0.499. The molecule has 2 aromatic rings. The molecule has 0 aliphatic rings. The van der Waals surface area contributed by atoms with Gasteiger partial charge in [0.2, 0.25) is 5.89 Å². The lowest BCUT2D eigenvalue weighted by Crippen LogP contribution is -2.36. The Kier molecular flexibility index (Phi) is 8.28. The van der Waals surface area contributed by atoms with Crippen LogP contribution in [0.2, 0.25) is 5.02 Å². The molecule has 0 unspecified atom stereocenters. The van der Waals surface area contributed by atoms with E-state index in [4.69, 9.17) is 20.8 Å². The summed E-state index contributed by atoms with van der Waals surface area (Å²) in [5.74, 6) is -0.370. The first-order chi connectivity index (χ1) is 13.4. The second kappa shape index (κ2) is 10.7. The van der Waals surface area contributed by atoms with E-state index in [0.717, 1.165) is 5.56 Å². The van der Waals surface area contributed by atoms with Gasteiger partial charge in [0.1, 0.15) is 6.26 Å². The van der Waals surface area contributed by atoms with Gasteiger partial charge in [0.25, 0.3) is 0 Å². The van der Waals surface area contributed by atoms with Gasteiger partial charge in [0, 0.05) is 30.5 Å². The third kappa shape index (κ3) is 6.24. The third-order valence-electron chi connectivity index (χ3n) is 3.90. The predicted octanol–water partition coefficient (Wildman–Crippen LogP) is 3.88. The van der Waals surface area contributed by atoms with Crippen molar-refractivity contribution in [3.05, 3.63) is 46.6 Å². The van der Waals surface area contributed by atoms with Gasteiger partial charge in [-0.25, -0.2) is 14.6 Å². The Labute approximate surface area is 168 Å². The van der Waals surface area contributed by atoms with Crippen LogP contribution in [0.3, 0.4) is 0 Å². The number of anilines is 1. The minimum absolute atomic E-state index is 0.0532. The number of aryl methyl sites for hydroxylation is 1. The molecule has 2 amide bonds. The van der Waals surface area contributed by atoms with Gasteiger partial charge in [-0.15, -0.1) is 0 Å². The number of oxazole rings is 1. The number of carbonyl (C=O) groups excluding carboxylic acids is 2. The van der Waals surface area contributed by atoms with Gasteiger partial charge in [0.05, 0.1) is 13.7 Å². The summed E-state index contributed by atoms with van der Waals surface area (Å²) < 4.78 is 15.2. The predicted molar refractivity (Wildman–Crippen MR) is 105 cm³/mol. The molecule has 0 bridgehead atoms. The Bertz CT molecular complexity index is 809. The number of ether oxygens (including phenoxy) is 2. The van der Waals surface area contributed by atoms with Crippen LogP contribution in [0.1, 0.15) is 35.3 Å². The summed E-state index contributed by atoms with van der Waals surface area (Å²) in [5.41, 5.74) is 1.55. The first kappa shape index (κ1) is 21.7. The first-order valence-corrected chi connectivity index (χ1v) is 9.25. The Balaban J connectivity index is 2.08. The van der Waals surface area contributed by atoms with Crippen LogP contribution in [0.15, 0.2) is 28.9 Å². The summed E-state index contributed by atoms with van der Waals surface area (Å²) in [4.78, 5) is 29.9. The largest absolute Gasteiger partial charge is 0.464 e. The van der Waals surface area contributed by atoms with Gasteiger partial charge in [0.15, 0.2) is 5.69 Å². The highest BCUT2D eigenvalue weighted by atomic mass is 35.5. The van der Waals surface area contributed by atoms with Crippen LogP contribution < -0.4 is 5.32 Å². The molecule has 0 aliphatic carbocycles. The molecule has 0 radical (unpaired) electrons.